The van der Waals surface area contributed by atoms with E-state index in [0.29, 0.717) is 17.0 Å². The first kappa shape index (κ1) is 17.1. The molecule has 0 saturated carbocycles. The minimum absolute atomic E-state index is 0.149. The maximum absolute atomic E-state index is 9.89. The minimum Gasteiger partial charge on any atom is -0.457 e. The predicted octanol–water partition coefficient (Wildman–Crippen LogP) is 5.60. The van der Waals surface area contributed by atoms with Gasteiger partial charge in [-0.05, 0) is 43.3 Å². The van der Waals surface area contributed by atoms with Crippen molar-refractivity contribution in [3.63, 3.8) is 0 Å². The van der Waals surface area contributed by atoms with E-state index in [1.54, 1.807) is 0 Å². The fourth-order valence-corrected chi connectivity index (χ4v) is 2.92. The summed E-state index contributed by atoms with van der Waals surface area (Å²) in [5, 5.41) is 14.1. The molecule has 0 atom stereocenters. The van der Waals surface area contributed by atoms with E-state index < -0.39 is 0 Å². The van der Waals surface area contributed by atoms with Gasteiger partial charge in [0, 0.05) is 11.1 Å². The van der Waals surface area contributed by atoms with Crippen molar-refractivity contribution in [3.8, 4) is 34.1 Å². The lowest BCUT2D eigenvalue weighted by atomic mass is 10.0. The molecule has 4 rings (SSSR count). The number of aryl methyl sites for hydroxylation is 1. The Morgan fingerprint density at radius 1 is 0.815 bits per heavy atom. The van der Waals surface area contributed by atoms with Gasteiger partial charge in [-0.25, -0.2) is 0 Å². The second-order valence-electron chi connectivity index (χ2n) is 6.30. The molecule has 0 spiro atoms. The number of aliphatic hydroxyl groups is 1. The van der Waals surface area contributed by atoms with Crippen LogP contribution in [0.25, 0.3) is 22.6 Å². The van der Waals surface area contributed by atoms with Crippen LogP contribution < -0.4 is 4.74 Å². The van der Waals surface area contributed by atoms with Crippen molar-refractivity contribution in [3.05, 3.63) is 90.0 Å². The zero-order valence-electron chi connectivity index (χ0n) is 14.9. The van der Waals surface area contributed by atoms with E-state index in [-0.39, 0.29) is 6.61 Å². The molecule has 134 valence electrons. The van der Waals surface area contributed by atoms with E-state index in [4.69, 9.17) is 9.26 Å². The van der Waals surface area contributed by atoms with E-state index in [2.05, 4.69) is 5.16 Å². The monoisotopic (exact) mass is 357 g/mol. The van der Waals surface area contributed by atoms with Crippen molar-refractivity contribution < 1.29 is 14.4 Å². The van der Waals surface area contributed by atoms with E-state index in [9.17, 15) is 5.11 Å². The Kier molecular flexibility index (Phi) is 4.73. The molecule has 4 aromatic rings. The van der Waals surface area contributed by atoms with Crippen LogP contribution in [0.1, 0.15) is 11.1 Å². The smallest absolute Gasteiger partial charge is 0.173 e. The van der Waals surface area contributed by atoms with E-state index in [0.717, 1.165) is 28.2 Å². The fraction of sp³-hybridized carbons (Fsp3) is 0.0870. The van der Waals surface area contributed by atoms with Crippen molar-refractivity contribution in [2.24, 2.45) is 0 Å². The highest BCUT2D eigenvalue weighted by atomic mass is 16.5. The molecule has 0 aliphatic carbocycles. The maximum atomic E-state index is 9.89. The van der Waals surface area contributed by atoms with E-state index in [1.807, 2.05) is 85.8 Å². The molecule has 0 aliphatic rings. The summed E-state index contributed by atoms with van der Waals surface area (Å²) in [5.74, 6) is 2.11. The molecule has 0 saturated heterocycles. The van der Waals surface area contributed by atoms with Gasteiger partial charge in [-0.15, -0.1) is 0 Å². The molecular formula is C23H19NO3. The zero-order valence-corrected chi connectivity index (χ0v) is 14.9. The van der Waals surface area contributed by atoms with Gasteiger partial charge >= 0.3 is 0 Å². The highest BCUT2D eigenvalue weighted by Crippen LogP contribution is 2.33. The topological polar surface area (TPSA) is 55.5 Å². The molecule has 27 heavy (non-hydrogen) atoms. The molecule has 0 aliphatic heterocycles. The van der Waals surface area contributed by atoms with Crippen LogP contribution in [0, 0.1) is 6.92 Å². The molecule has 3 aromatic carbocycles. The van der Waals surface area contributed by atoms with Crippen molar-refractivity contribution in [2.75, 3.05) is 0 Å². The number of ether oxygens (including phenoxy) is 1. The van der Waals surface area contributed by atoms with Crippen LogP contribution in [-0.4, -0.2) is 10.3 Å². The van der Waals surface area contributed by atoms with E-state index >= 15 is 0 Å². The summed E-state index contributed by atoms with van der Waals surface area (Å²) in [4.78, 5) is 0. The van der Waals surface area contributed by atoms with Crippen LogP contribution in [0.15, 0.2) is 83.4 Å². The molecule has 0 bridgehead atoms. The Morgan fingerprint density at radius 2 is 1.44 bits per heavy atom. The second-order valence-corrected chi connectivity index (χ2v) is 6.30. The van der Waals surface area contributed by atoms with Crippen LogP contribution in [0.3, 0.4) is 0 Å². The molecule has 4 heteroatoms. The van der Waals surface area contributed by atoms with Crippen LogP contribution >= 0.6 is 0 Å². The molecule has 0 fully saturated rings. The maximum Gasteiger partial charge on any atom is 0.173 e. The summed E-state index contributed by atoms with van der Waals surface area (Å²) in [6, 6.07) is 25.2. The Morgan fingerprint density at radius 3 is 2.11 bits per heavy atom. The number of nitrogens with zero attached hydrogens (tertiary/aromatic N) is 1. The third-order valence-electron chi connectivity index (χ3n) is 4.37. The SMILES string of the molecule is Cc1ccc(-c2onc(-c3ccc(Oc4ccccc4)cc3)c2CO)cc1. The lowest BCUT2D eigenvalue weighted by Gasteiger charge is -2.06. The van der Waals surface area contributed by atoms with Crippen LogP contribution in [0.2, 0.25) is 0 Å². The molecule has 1 aromatic heterocycles. The Labute approximate surface area is 157 Å². The number of hydrogen-bond donors (Lipinski definition) is 1. The summed E-state index contributed by atoms with van der Waals surface area (Å²) < 4.78 is 11.4. The van der Waals surface area contributed by atoms with Gasteiger partial charge in [-0.2, -0.15) is 0 Å². The largest absolute Gasteiger partial charge is 0.457 e. The number of aliphatic hydroxyl groups excluding tert-OH is 1. The Bertz CT molecular complexity index is 1020. The molecule has 1 N–H and O–H groups in total. The first-order valence-electron chi connectivity index (χ1n) is 8.74. The third-order valence-corrected chi connectivity index (χ3v) is 4.37. The van der Waals surface area contributed by atoms with E-state index in [1.165, 1.54) is 0 Å². The molecular weight excluding hydrogens is 338 g/mol. The Hall–Kier alpha value is -3.37. The lowest BCUT2D eigenvalue weighted by molar-refractivity contribution is 0.281. The first-order valence-corrected chi connectivity index (χ1v) is 8.74. The van der Waals surface area contributed by atoms with Gasteiger partial charge in [0.05, 0.1) is 12.2 Å². The van der Waals surface area contributed by atoms with Crippen LogP contribution in [-0.2, 0) is 6.61 Å². The summed E-state index contributed by atoms with van der Waals surface area (Å²) in [6.07, 6.45) is 0. The molecule has 0 amide bonds. The molecule has 0 radical (unpaired) electrons. The predicted molar refractivity (Wildman–Crippen MR) is 105 cm³/mol. The quantitative estimate of drug-likeness (QED) is 0.505. The van der Waals surface area contributed by atoms with Crippen LogP contribution in [0.4, 0.5) is 0 Å². The average Bonchev–Trinajstić information content (AvgIpc) is 3.14. The fourth-order valence-electron chi connectivity index (χ4n) is 2.92. The lowest BCUT2D eigenvalue weighted by Crippen LogP contribution is -1.90. The second kappa shape index (κ2) is 7.48. The first-order chi connectivity index (χ1) is 13.2. The van der Waals surface area contributed by atoms with Gasteiger partial charge in [-0.3, -0.25) is 0 Å². The summed E-state index contributed by atoms with van der Waals surface area (Å²) in [6.45, 7) is 1.88. The van der Waals surface area contributed by atoms with Gasteiger partial charge in [0.2, 0.25) is 0 Å². The van der Waals surface area contributed by atoms with Gasteiger partial charge < -0.3 is 14.4 Å². The van der Waals surface area contributed by atoms with Crippen LogP contribution in [0.5, 0.6) is 11.5 Å². The number of para-hydroxylation sites is 1. The van der Waals surface area contributed by atoms with Crippen molar-refractivity contribution >= 4 is 0 Å². The van der Waals surface area contributed by atoms with Gasteiger partial charge in [0.25, 0.3) is 0 Å². The van der Waals surface area contributed by atoms with Crippen molar-refractivity contribution in [1.82, 2.24) is 5.16 Å². The summed E-state index contributed by atoms with van der Waals surface area (Å²) in [5.41, 5.74) is 4.24. The van der Waals surface area contributed by atoms with Gasteiger partial charge in [0.1, 0.15) is 17.2 Å². The standard InChI is InChI=1S/C23H19NO3/c1-16-7-9-18(10-8-16)23-21(15-25)22(24-27-23)17-11-13-20(14-12-17)26-19-5-3-2-4-6-19/h2-14,25H,15H2,1H3. The van der Waals surface area contributed by atoms with Crippen molar-refractivity contribution in [2.45, 2.75) is 13.5 Å². The Balaban J connectivity index is 1.62. The zero-order chi connectivity index (χ0) is 18.6. The third kappa shape index (κ3) is 3.61. The molecule has 1 heterocycles. The van der Waals surface area contributed by atoms with Gasteiger partial charge in [-0.1, -0.05) is 53.2 Å². The number of aromatic nitrogens is 1. The normalized spacial score (nSPS) is 10.7. The number of benzene rings is 3. The number of rotatable bonds is 5. The average molecular weight is 357 g/mol. The number of hydrogen-bond acceptors (Lipinski definition) is 4. The minimum atomic E-state index is -0.149. The van der Waals surface area contributed by atoms with Gasteiger partial charge in [0.15, 0.2) is 5.76 Å². The summed E-state index contributed by atoms with van der Waals surface area (Å²) >= 11 is 0. The summed E-state index contributed by atoms with van der Waals surface area (Å²) in [7, 11) is 0. The molecule has 0 unspecified atom stereocenters. The highest BCUT2D eigenvalue weighted by molar-refractivity contribution is 5.72. The molecule has 4 nitrogen and oxygen atoms in total. The highest BCUT2D eigenvalue weighted by Gasteiger charge is 2.18. The van der Waals surface area contributed by atoms with Crippen molar-refractivity contribution in [1.29, 1.82) is 0 Å².